The molecular formula is C14H11BrN2O4S. The minimum atomic E-state index is -3.69. The van der Waals surface area contributed by atoms with Crippen LogP contribution in [0.15, 0.2) is 51.8 Å². The summed E-state index contributed by atoms with van der Waals surface area (Å²) in [6.07, 6.45) is 0. The normalized spacial score (nSPS) is 13.8. The lowest BCUT2D eigenvalue weighted by molar-refractivity contribution is -0.118. The molecule has 2 aromatic carbocycles. The number of carbonyl (C=O) groups excluding carboxylic acids is 1. The molecule has 3 rings (SSSR count). The Morgan fingerprint density at radius 2 is 1.86 bits per heavy atom. The van der Waals surface area contributed by atoms with Gasteiger partial charge in [0, 0.05) is 4.47 Å². The van der Waals surface area contributed by atoms with E-state index in [0.29, 0.717) is 17.1 Å². The maximum Gasteiger partial charge on any atom is 0.262 e. The number of benzene rings is 2. The molecule has 0 atom stereocenters. The number of nitrogens with one attached hydrogen (secondary N) is 2. The van der Waals surface area contributed by atoms with E-state index in [9.17, 15) is 13.2 Å². The predicted molar refractivity (Wildman–Crippen MR) is 85.5 cm³/mol. The van der Waals surface area contributed by atoms with Crippen LogP contribution in [0.1, 0.15) is 0 Å². The number of ether oxygens (including phenoxy) is 1. The zero-order valence-corrected chi connectivity index (χ0v) is 13.6. The number of hydrogen-bond donors (Lipinski definition) is 2. The van der Waals surface area contributed by atoms with Gasteiger partial charge in [-0.05, 0) is 42.5 Å². The predicted octanol–water partition coefficient (Wildman–Crippen LogP) is 2.58. The van der Waals surface area contributed by atoms with Crippen LogP contribution in [0.5, 0.6) is 5.75 Å². The van der Waals surface area contributed by atoms with Gasteiger partial charge in [-0.3, -0.25) is 9.52 Å². The average Bonchev–Trinajstić information content (AvgIpc) is 2.47. The Morgan fingerprint density at radius 1 is 1.14 bits per heavy atom. The summed E-state index contributed by atoms with van der Waals surface area (Å²) in [4.78, 5) is 11.4. The first-order valence-electron chi connectivity index (χ1n) is 6.29. The Labute approximate surface area is 135 Å². The lowest BCUT2D eigenvalue weighted by Gasteiger charge is -2.18. The molecule has 1 aliphatic rings. The molecule has 0 bridgehead atoms. The van der Waals surface area contributed by atoms with Crippen molar-refractivity contribution in [3.05, 3.63) is 46.9 Å². The summed E-state index contributed by atoms with van der Waals surface area (Å²) in [5.74, 6) is 0.228. The van der Waals surface area contributed by atoms with Gasteiger partial charge in [-0.25, -0.2) is 8.42 Å². The summed E-state index contributed by atoms with van der Waals surface area (Å²) in [7, 11) is -3.69. The fourth-order valence-corrected chi connectivity index (χ4v) is 3.29. The molecule has 2 N–H and O–H groups in total. The van der Waals surface area contributed by atoms with Crippen molar-refractivity contribution in [1.82, 2.24) is 0 Å². The van der Waals surface area contributed by atoms with Gasteiger partial charge in [0.15, 0.2) is 6.61 Å². The Balaban J connectivity index is 1.88. The van der Waals surface area contributed by atoms with E-state index in [-0.39, 0.29) is 17.4 Å². The Hall–Kier alpha value is -2.06. The van der Waals surface area contributed by atoms with E-state index in [1.165, 1.54) is 18.2 Å². The Morgan fingerprint density at radius 3 is 2.59 bits per heavy atom. The molecule has 1 amide bonds. The van der Waals surface area contributed by atoms with E-state index in [2.05, 4.69) is 26.0 Å². The van der Waals surface area contributed by atoms with Crippen LogP contribution < -0.4 is 14.8 Å². The maximum atomic E-state index is 12.3. The summed E-state index contributed by atoms with van der Waals surface area (Å²) < 4.78 is 33.1. The van der Waals surface area contributed by atoms with E-state index in [0.717, 1.165) is 4.47 Å². The highest BCUT2D eigenvalue weighted by molar-refractivity contribution is 9.10. The van der Waals surface area contributed by atoms with Crippen LogP contribution in [-0.2, 0) is 14.8 Å². The third-order valence-electron chi connectivity index (χ3n) is 2.99. The molecule has 0 aliphatic carbocycles. The van der Waals surface area contributed by atoms with Crippen molar-refractivity contribution >= 4 is 43.2 Å². The number of halogens is 1. The molecule has 1 aliphatic heterocycles. The summed E-state index contributed by atoms with van der Waals surface area (Å²) in [6, 6.07) is 11.0. The Bertz CT molecular complexity index is 834. The zero-order valence-electron chi connectivity index (χ0n) is 11.2. The van der Waals surface area contributed by atoms with E-state index < -0.39 is 10.0 Å². The summed E-state index contributed by atoms with van der Waals surface area (Å²) >= 11 is 3.26. The van der Waals surface area contributed by atoms with E-state index in [4.69, 9.17) is 4.74 Å². The van der Waals surface area contributed by atoms with Crippen LogP contribution in [0, 0.1) is 0 Å². The first-order chi connectivity index (χ1) is 10.4. The molecular weight excluding hydrogens is 372 g/mol. The molecule has 0 saturated carbocycles. The first-order valence-corrected chi connectivity index (χ1v) is 8.57. The summed E-state index contributed by atoms with van der Waals surface area (Å²) in [6.45, 7) is -0.0447. The third kappa shape index (κ3) is 3.07. The fourth-order valence-electron chi connectivity index (χ4n) is 1.97. The highest BCUT2D eigenvalue weighted by Gasteiger charge is 2.18. The number of rotatable bonds is 3. The minimum Gasteiger partial charge on any atom is -0.482 e. The van der Waals surface area contributed by atoms with Crippen molar-refractivity contribution in [2.75, 3.05) is 16.6 Å². The van der Waals surface area contributed by atoms with Crippen molar-refractivity contribution in [1.29, 1.82) is 0 Å². The number of amides is 1. The number of fused-ring (bicyclic) bond motifs is 1. The van der Waals surface area contributed by atoms with Gasteiger partial charge in [0.05, 0.1) is 16.3 Å². The zero-order chi connectivity index (χ0) is 15.7. The van der Waals surface area contributed by atoms with Crippen LogP contribution >= 0.6 is 15.9 Å². The molecule has 1 heterocycles. The molecule has 6 nitrogen and oxygen atoms in total. The molecule has 22 heavy (non-hydrogen) atoms. The average molecular weight is 383 g/mol. The molecule has 8 heteroatoms. The molecule has 2 aromatic rings. The van der Waals surface area contributed by atoms with Gasteiger partial charge >= 0.3 is 0 Å². The number of carbonyl (C=O) groups is 1. The highest BCUT2D eigenvalue weighted by atomic mass is 79.9. The van der Waals surface area contributed by atoms with Gasteiger partial charge in [-0.15, -0.1) is 0 Å². The maximum absolute atomic E-state index is 12.3. The molecule has 0 aromatic heterocycles. The Kier molecular flexibility index (Phi) is 3.79. The fraction of sp³-hybridized carbons (Fsp3) is 0.0714. The van der Waals surface area contributed by atoms with Crippen molar-refractivity contribution < 1.29 is 17.9 Å². The minimum absolute atomic E-state index is 0.0447. The van der Waals surface area contributed by atoms with Crippen LogP contribution in [0.3, 0.4) is 0 Å². The number of sulfonamides is 1. The second-order valence-electron chi connectivity index (χ2n) is 4.61. The second kappa shape index (κ2) is 5.62. The van der Waals surface area contributed by atoms with Crippen molar-refractivity contribution in [3.63, 3.8) is 0 Å². The molecule has 0 fully saturated rings. The standard InChI is InChI=1S/C14H11BrN2O4S/c15-9-1-4-11(5-2-9)22(19,20)17-10-3-6-13-12(7-10)16-14(18)8-21-13/h1-7,17H,8H2,(H,16,18). The molecule has 0 unspecified atom stereocenters. The topological polar surface area (TPSA) is 84.5 Å². The summed E-state index contributed by atoms with van der Waals surface area (Å²) in [5.41, 5.74) is 0.778. The first kappa shape index (κ1) is 14.9. The van der Waals surface area contributed by atoms with E-state index >= 15 is 0 Å². The van der Waals surface area contributed by atoms with Gasteiger partial charge in [-0.2, -0.15) is 0 Å². The number of hydrogen-bond acceptors (Lipinski definition) is 4. The van der Waals surface area contributed by atoms with Crippen molar-refractivity contribution in [2.24, 2.45) is 0 Å². The van der Waals surface area contributed by atoms with Gasteiger partial charge in [0.25, 0.3) is 15.9 Å². The smallest absolute Gasteiger partial charge is 0.262 e. The second-order valence-corrected chi connectivity index (χ2v) is 7.21. The largest absolute Gasteiger partial charge is 0.482 e. The van der Waals surface area contributed by atoms with Crippen LogP contribution in [0.25, 0.3) is 0 Å². The van der Waals surface area contributed by atoms with Crippen molar-refractivity contribution in [3.8, 4) is 5.75 Å². The van der Waals surface area contributed by atoms with E-state index in [1.54, 1.807) is 24.3 Å². The molecule has 0 radical (unpaired) electrons. The van der Waals surface area contributed by atoms with Gasteiger partial charge < -0.3 is 10.1 Å². The van der Waals surface area contributed by atoms with Crippen LogP contribution in [-0.4, -0.2) is 20.9 Å². The lowest BCUT2D eigenvalue weighted by Crippen LogP contribution is -2.25. The van der Waals surface area contributed by atoms with Crippen LogP contribution in [0.2, 0.25) is 0 Å². The van der Waals surface area contributed by atoms with Gasteiger partial charge in [-0.1, -0.05) is 15.9 Å². The molecule has 0 saturated heterocycles. The monoisotopic (exact) mass is 382 g/mol. The molecule has 114 valence electrons. The quantitative estimate of drug-likeness (QED) is 0.854. The lowest BCUT2D eigenvalue weighted by atomic mass is 10.2. The number of anilines is 2. The third-order valence-corrected chi connectivity index (χ3v) is 4.91. The SMILES string of the molecule is O=C1COc2ccc(NS(=O)(=O)c3ccc(Br)cc3)cc2N1. The van der Waals surface area contributed by atoms with Gasteiger partial charge in [0.1, 0.15) is 5.75 Å². The highest BCUT2D eigenvalue weighted by Crippen LogP contribution is 2.31. The van der Waals surface area contributed by atoms with E-state index in [1.807, 2.05) is 0 Å². The van der Waals surface area contributed by atoms with Crippen LogP contribution in [0.4, 0.5) is 11.4 Å². The van der Waals surface area contributed by atoms with Crippen molar-refractivity contribution in [2.45, 2.75) is 4.90 Å². The van der Waals surface area contributed by atoms with Gasteiger partial charge in [0.2, 0.25) is 0 Å². The molecule has 0 spiro atoms. The summed E-state index contributed by atoms with van der Waals surface area (Å²) in [5, 5.41) is 2.63.